The van der Waals surface area contributed by atoms with Gasteiger partial charge in [0.2, 0.25) is 0 Å². The Labute approximate surface area is 210 Å². The summed E-state index contributed by atoms with van der Waals surface area (Å²) in [4.78, 5) is 25.9. The first-order valence-electron chi connectivity index (χ1n) is 10.7. The van der Waals surface area contributed by atoms with Gasteiger partial charge in [0, 0.05) is 6.26 Å². The van der Waals surface area contributed by atoms with Gasteiger partial charge in [0.1, 0.15) is 17.1 Å². The summed E-state index contributed by atoms with van der Waals surface area (Å²) in [7, 11) is 0.112. The monoisotopic (exact) mass is 523 g/mol. The molecule has 0 fully saturated rings. The SMILES string of the molecule is COC(=O)c1c(N(C(=O)OC)S(=O)c2ccc(F)cc2C=CCOSC)ccc2c1OCCCC2. The number of ether oxygens (including phenoxy) is 3. The zero-order valence-electron chi connectivity index (χ0n) is 19.6. The maximum atomic E-state index is 14.0. The van der Waals surface area contributed by atoms with Crippen LogP contribution in [-0.2, 0) is 31.1 Å². The van der Waals surface area contributed by atoms with Gasteiger partial charge in [0.05, 0.1) is 38.0 Å². The van der Waals surface area contributed by atoms with E-state index in [9.17, 15) is 18.2 Å². The molecule has 0 radical (unpaired) electrons. The number of aryl methyl sites for hydroxylation is 1. The second kappa shape index (κ2) is 12.7. The van der Waals surface area contributed by atoms with E-state index >= 15 is 0 Å². The number of nitrogens with zero attached hydrogens (tertiary/aromatic N) is 1. The number of carbonyl (C=O) groups is 2. The number of amides is 1. The summed E-state index contributed by atoms with van der Waals surface area (Å²) in [5.41, 5.74) is 1.01. The van der Waals surface area contributed by atoms with E-state index in [1.807, 2.05) is 0 Å². The molecule has 1 unspecified atom stereocenters. The first kappa shape index (κ1) is 26.7. The third-order valence-corrected chi connectivity index (χ3v) is 6.96. The Morgan fingerprint density at radius 1 is 1.20 bits per heavy atom. The molecule has 11 heteroatoms. The van der Waals surface area contributed by atoms with Crippen LogP contribution in [0.1, 0.15) is 34.3 Å². The second-order valence-electron chi connectivity index (χ2n) is 7.29. The summed E-state index contributed by atoms with van der Waals surface area (Å²) in [5, 5.41) is 0. The van der Waals surface area contributed by atoms with Crippen LogP contribution >= 0.6 is 12.0 Å². The smallest absolute Gasteiger partial charge is 0.426 e. The predicted molar refractivity (Wildman–Crippen MR) is 132 cm³/mol. The van der Waals surface area contributed by atoms with E-state index in [-0.39, 0.29) is 34.1 Å². The maximum Gasteiger partial charge on any atom is 0.426 e. The number of methoxy groups -OCH3 is 2. The summed E-state index contributed by atoms with van der Waals surface area (Å²) in [6.45, 7) is 0.617. The zero-order chi connectivity index (χ0) is 25.4. The van der Waals surface area contributed by atoms with E-state index < -0.39 is 28.9 Å². The summed E-state index contributed by atoms with van der Waals surface area (Å²) in [5.74, 6) is -1.02. The Morgan fingerprint density at radius 2 is 2.00 bits per heavy atom. The van der Waals surface area contributed by atoms with Crippen LogP contribution in [0.2, 0.25) is 0 Å². The molecule has 2 aromatic carbocycles. The molecule has 1 aliphatic heterocycles. The fourth-order valence-corrected chi connectivity index (χ4v) is 5.03. The van der Waals surface area contributed by atoms with Crippen molar-refractivity contribution in [2.45, 2.75) is 24.2 Å². The summed E-state index contributed by atoms with van der Waals surface area (Å²) < 4.78 is 49.6. The lowest BCUT2D eigenvalue weighted by Crippen LogP contribution is -2.34. The highest BCUT2D eigenvalue weighted by Crippen LogP contribution is 2.38. The molecule has 0 spiro atoms. The summed E-state index contributed by atoms with van der Waals surface area (Å²) >= 11 is 1.17. The molecule has 3 rings (SSSR count). The predicted octanol–water partition coefficient (Wildman–Crippen LogP) is 4.93. The van der Waals surface area contributed by atoms with Gasteiger partial charge in [0.25, 0.3) is 0 Å². The minimum absolute atomic E-state index is 0.00680. The van der Waals surface area contributed by atoms with Gasteiger partial charge in [-0.3, -0.25) is 0 Å². The van der Waals surface area contributed by atoms with Gasteiger partial charge in [-0.2, -0.15) is 4.31 Å². The molecule has 2 aromatic rings. The molecule has 0 saturated carbocycles. The highest BCUT2D eigenvalue weighted by Gasteiger charge is 2.33. The number of rotatable bonds is 8. The third kappa shape index (κ3) is 6.22. The van der Waals surface area contributed by atoms with Crippen molar-refractivity contribution in [2.75, 3.05) is 38.0 Å². The molecule has 0 aromatic heterocycles. The number of anilines is 1. The number of benzene rings is 2. The first-order valence-corrected chi connectivity index (χ1v) is 13.0. The molecule has 1 amide bonds. The molecule has 1 heterocycles. The number of fused-ring (bicyclic) bond motifs is 1. The van der Waals surface area contributed by atoms with Crippen LogP contribution in [-0.4, -0.2) is 50.0 Å². The van der Waals surface area contributed by atoms with Crippen LogP contribution in [0.3, 0.4) is 0 Å². The molecule has 35 heavy (non-hydrogen) atoms. The number of carbonyl (C=O) groups excluding carboxylic acids is 2. The summed E-state index contributed by atoms with van der Waals surface area (Å²) in [6, 6.07) is 6.88. The zero-order valence-corrected chi connectivity index (χ0v) is 21.2. The minimum atomic E-state index is -2.23. The van der Waals surface area contributed by atoms with Crippen molar-refractivity contribution in [2.24, 2.45) is 0 Å². The Hall–Kier alpha value is -2.89. The largest absolute Gasteiger partial charge is 0.492 e. The molecule has 188 valence electrons. The van der Waals surface area contributed by atoms with Gasteiger partial charge in [-0.05, 0) is 66.7 Å². The van der Waals surface area contributed by atoms with E-state index in [1.165, 1.54) is 37.4 Å². The second-order valence-corrected chi connectivity index (χ2v) is 9.17. The Morgan fingerprint density at radius 3 is 2.71 bits per heavy atom. The minimum Gasteiger partial charge on any atom is -0.492 e. The third-order valence-electron chi connectivity index (χ3n) is 5.16. The van der Waals surface area contributed by atoms with Crippen LogP contribution in [0.25, 0.3) is 6.08 Å². The Balaban J connectivity index is 2.16. The fourth-order valence-electron chi connectivity index (χ4n) is 3.57. The van der Waals surface area contributed by atoms with Crippen molar-refractivity contribution < 1.29 is 36.6 Å². The molecule has 0 N–H and O–H groups in total. The number of halogens is 1. The Bertz CT molecular complexity index is 1140. The van der Waals surface area contributed by atoms with Crippen LogP contribution in [0, 0.1) is 5.82 Å². The normalized spacial score (nSPS) is 13.9. The lowest BCUT2D eigenvalue weighted by atomic mass is 10.0. The molecule has 1 atom stereocenters. The molecular formula is C24H26FNO7S2. The molecular weight excluding hydrogens is 497 g/mol. The van der Waals surface area contributed by atoms with Crippen LogP contribution < -0.4 is 9.04 Å². The van der Waals surface area contributed by atoms with Crippen LogP contribution in [0.15, 0.2) is 41.3 Å². The van der Waals surface area contributed by atoms with E-state index in [2.05, 4.69) is 0 Å². The van der Waals surface area contributed by atoms with Gasteiger partial charge in [-0.25, -0.2) is 18.2 Å². The van der Waals surface area contributed by atoms with Crippen molar-refractivity contribution in [3.63, 3.8) is 0 Å². The van der Waals surface area contributed by atoms with E-state index in [4.69, 9.17) is 18.4 Å². The maximum absolute atomic E-state index is 14.0. The lowest BCUT2D eigenvalue weighted by molar-refractivity contribution is 0.0597. The van der Waals surface area contributed by atoms with Crippen molar-refractivity contribution in [1.82, 2.24) is 0 Å². The average Bonchev–Trinajstić information content (AvgIpc) is 3.11. The number of esters is 1. The van der Waals surface area contributed by atoms with Crippen molar-refractivity contribution in [3.8, 4) is 5.75 Å². The standard InChI is InChI=1S/C24H26FNO7S2/c1-30-23(27)21-19(11-9-16-7-4-5-13-32-22(16)21)26(24(28)31-2)35(29)20-12-10-18(25)15-17(20)8-6-14-33-34-3/h6,8-12,15H,4-5,7,13-14H2,1-3H3. The van der Waals surface area contributed by atoms with E-state index in [0.29, 0.717) is 13.0 Å². The van der Waals surface area contributed by atoms with Crippen LogP contribution in [0.5, 0.6) is 5.75 Å². The quantitative estimate of drug-likeness (QED) is 0.273. The van der Waals surface area contributed by atoms with Crippen LogP contribution in [0.4, 0.5) is 14.9 Å². The van der Waals surface area contributed by atoms with Crippen molar-refractivity contribution >= 4 is 46.9 Å². The van der Waals surface area contributed by atoms with E-state index in [1.54, 1.807) is 24.5 Å². The van der Waals surface area contributed by atoms with Crippen molar-refractivity contribution in [3.05, 3.63) is 58.9 Å². The highest BCUT2D eigenvalue weighted by atomic mass is 32.2. The van der Waals surface area contributed by atoms with Crippen molar-refractivity contribution in [1.29, 1.82) is 0 Å². The van der Waals surface area contributed by atoms with Gasteiger partial charge in [-0.15, -0.1) is 0 Å². The molecule has 0 saturated heterocycles. The van der Waals surface area contributed by atoms with Gasteiger partial charge in [-0.1, -0.05) is 18.2 Å². The number of hydrogen-bond acceptors (Lipinski definition) is 8. The molecule has 1 aliphatic rings. The average molecular weight is 524 g/mol. The fraction of sp³-hybridized carbons (Fsp3) is 0.333. The van der Waals surface area contributed by atoms with Gasteiger partial charge >= 0.3 is 12.1 Å². The topological polar surface area (TPSA) is 91.4 Å². The lowest BCUT2D eigenvalue weighted by Gasteiger charge is -2.24. The summed E-state index contributed by atoms with van der Waals surface area (Å²) in [6.07, 6.45) is 6.29. The molecule has 0 bridgehead atoms. The Kier molecular flexibility index (Phi) is 9.70. The first-order chi connectivity index (χ1) is 16.9. The molecule has 0 aliphatic carbocycles. The molecule has 8 nitrogen and oxygen atoms in total. The highest BCUT2D eigenvalue weighted by molar-refractivity contribution is 7.93. The van der Waals surface area contributed by atoms with Gasteiger partial charge in [0.15, 0.2) is 11.0 Å². The van der Waals surface area contributed by atoms with E-state index in [0.717, 1.165) is 35.9 Å². The van der Waals surface area contributed by atoms with Gasteiger partial charge < -0.3 is 18.4 Å². The number of hydrogen-bond donors (Lipinski definition) is 0.